The van der Waals surface area contributed by atoms with E-state index in [2.05, 4.69) is 10.3 Å². The van der Waals surface area contributed by atoms with Gasteiger partial charge in [0.2, 0.25) is 0 Å². The summed E-state index contributed by atoms with van der Waals surface area (Å²) in [5.74, 6) is 0.403. The van der Waals surface area contributed by atoms with Gasteiger partial charge < -0.3 is 14.8 Å². The maximum atomic E-state index is 13.3. The highest BCUT2D eigenvalue weighted by atomic mass is 16.5. The van der Waals surface area contributed by atoms with Gasteiger partial charge in [0.25, 0.3) is 5.91 Å². The Bertz CT molecular complexity index is 1100. The van der Waals surface area contributed by atoms with Gasteiger partial charge in [-0.15, -0.1) is 0 Å². The number of imidazole rings is 1. The molecule has 1 aromatic carbocycles. The zero-order valence-corrected chi connectivity index (χ0v) is 17.3. The Morgan fingerprint density at radius 2 is 2.07 bits per heavy atom. The first-order valence-electron chi connectivity index (χ1n) is 10.1. The third kappa shape index (κ3) is 3.75. The maximum absolute atomic E-state index is 13.3. The fraction of sp³-hybridized carbons (Fsp3) is 0.348. The number of aryl methyl sites for hydroxylation is 1. The lowest BCUT2D eigenvalue weighted by Crippen LogP contribution is -2.31. The Kier molecular flexibility index (Phi) is 5.44. The number of methoxy groups -OCH3 is 1. The molecule has 0 radical (unpaired) electrons. The lowest BCUT2D eigenvalue weighted by atomic mass is 9.99. The molecule has 0 aliphatic heterocycles. The van der Waals surface area contributed by atoms with Crippen LogP contribution in [0.5, 0.6) is 5.75 Å². The van der Waals surface area contributed by atoms with Crippen molar-refractivity contribution >= 4 is 17.5 Å². The fourth-order valence-electron chi connectivity index (χ4n) is 3.79. The summed E-state index contributed by atoms with van der Waals surface area (Å²) in [7, 11) is 1.36. The zero-order chi connectivity index (χ0) is 21.3. The number of carbonyl (C=O) groups is 2. The Morgan fingerprint density at radius 3 is 2.77 bits per heavy atom. The summed E-state index contributed by atoms with van der Waals surface area (Å²) in [6, 6.07) is 10.8. The number of ether oxygens (including phenoxy) is 2. The number of amides is 1. The largest absolute Gasteiger partial charge is 0.490 e. The Labute approximate surface area is 175 Å². The molecule has 1 saturated carbocycles. The minimum Gasteiger partial charge on any atom is -0.490 e. The summed E-state index contributed by atoms with van der Waals surface area (Å²) in [6.07, 6.45) is 3.89. The molecule has 2 heterocycles. The average Bonchev–Trinajstić information content (AvgIpc) is 3.53. The first kappa shape index (κ1) is 19.9. The van der Waals surface area contributed by atoms with Crippen molar-refractivity contribution in [2.75, 3.05) is 13.7 Å². The molecule has 1 aliphatic carbocycles. The molecule has 3 aromatic rings. The molecule has 7 heteroatoms. The predicted octanol–water partition coefficient (Wildman–Crippen LogP) is 3.71. The van der Waals surface area contributed by atoms with Crippen molar-refractivity contribution in [1.29, 1.82) is 0 Å². The van der Waals surface area contributed by atoms with Crippen molar-refractivity contribution in [2.45, 2.75) is 32.7 Å². The van der Waals surface area contributed by atoms with Crippen LogP contribution in [0.4, 0.5) is 0 Å². The highest BCUT2D eigenvalue weighted by molar-refractivity contribution is 5.95. The van der Waals surface area contributed by atoms with E-state index in [1.54, 1.807) is 16.5 Å². The van der Waals surface area contributed by atoms with Gasteiger partial charge >= 0.3 is 5.97 Å². The lowest BCUT2D eigenvalue weighted by molar-refractivity contribution is 0.0600. The number of rotatable bonds is 7. The summed E-state index contributed by atoms with van der Waals surface area (Å²) >= 11 is 0. The highest BCUT2D eigenvalue weighted by Crippen LogP contribution is 2.41. The third-order valence-corrected chi connectivity index (χ3v) is 5.35. The molecule has 156 valence electrons. The molecule has 1 N–H and O–H groups in total. The first-order chi connectivity index (χ1) is 14.5. The summed E-state index contributed by atoms with van der Waals surface area (Å²) < 4.78 is 12.3. The van der Waals surface area contributed by atoms with Crippen molar-refractivity contribution in [2.24, 2.45) is 5.92 Å². The number of hydrogen-bond acceptors (Lipinski definition) is 5. The van der Waals surface area contributed by atoms with Crippen molar-refractivity contribution in [3.05, 3.63) is 65.1 Å². The highest BCUT2D eigenvalue weighted by Gasteiger charge is 2.35. The van der Waals surface area contributed by atoms with Crippen LogP contribution < -0.4 is 10.1 Å². The molecule has 1 atom stereocenters. The molecule has 7 nitrogen and oxygen atoms in total. The van der Waals surface area contributed by atoms with Crippen LogP contribution >= 0.6 is 0 Å². The van der Waals surface area contributed by atoms with E-state index >= 15 is 0 Å². The van der Waals surface area contributed by atoms with Crippen LogP contribution in [-0.2, 0) is 4.74 Å². The van der Waals surface area contributed by atoms with Crippen LogP contribution in [0.15, 0.2) is 42.6 Å². The van der Waals surface area contributed by atoms with E-state index in [0.717, 1.165) is 18.4 Å². The normalized spacial score (nSPS) is 14.4. The molecule has 1 fully saturated rings. The summed E-state index contributed by atoms with van der Waals surface area (Å²) in [5, 5.41) is 3.17. The van der Waals surface area contributed by atoms with Gasteiger partial charge in [0.15, 0.2) is 11.4 Å². The van der Waals surface area contributed by atoms with E-state index in [-0.39, 0.29) is 17.9 Å². The van der Waals surface area contributed by atoms with Gasteiger partial charge in [0.1, 0.15) is 5.69 Å². The van der Waals surface area contributed by atoms with Gasteiger partial charge in [-0.3, -0.25) is 9.20 Å². The molecule has 0 spiro atoms. The topological polar surface area (TPSA) is 81.9 Å². The summed E-state index contributed by atoms with van der Waals surface area (Å²) in [5.41, 5.74) is 3.12. The van der Waals surface area contributed by atoms with Crippen molar-refractivity contribution in [1.82, 2.24) is 14.7 Å². The Hall–Kier alpha value is -3.35. The minimum absolute atomic E-state index is 0.179. The van der Waals surface area contributed by atoms with Crippen LogP contribution in [0.1, 0.15) is 57.9 Å². The lowest BCUT2D eigenvalue weighted by Gasteiger charge is -2.19. The minimum atomic E-state index is -0.390. The number of nitrogens with zero attached hydrogens (tertiary/aromatic N) is 2. The summed E-state index contributed by atoms with van der Waals surface area (Å²) in [6.45, 7) is 4.25. The number of esters is 1. The van der Waals surface area contributed by atoms with Crippen molar-refractivity contribution in [3.63, 3.8) is 0 Å². The van der Waals surface area contributed by atoms with Gasteiger partial charge in [-0.25, -0.2) is 9.78 Å². The smallest absolute Gasteiger partial charge is 0.337 e. The Balaban J connectivity index is 1.66. The fourth-order valence-corrected chi connectivity index (χ4v) is 3.79. The maximum Gasteiger partial charge on any atom is 0.337 e. The second-order valence-corrected chi connectivity index (χ2v) is 7.45. The first-order valence-corrected chi connectivity index (χ1v) is 10.1. The van der Waals surface area contributed by atoms with Gasteiger partial charge in [0, 0.05) is 6.20 Å². The molecule has 2 aromatic heterocycles. The quantitative estimate of drug-likeness (QED) is 0.604. The van der Waals surface area contributed by atoms with Crippen LogP contribution in [0.3, 0.4) is 0 Å². The number of fused-ring (bicyclic) bond motifs is 1. The van der Waals surface area contributed by atoms with E-state index in [0.29, 0.717) is 40.9 Å². The zero-order valence-electron chi connectivity index (χ0n) is 17.3. The molecule has 1 aliphatic rings. The second-order valence-electron chi connectivity index (χ2n) is 7.45. The van der Waals surface area contributed by atoms with E-state index < -0.39 is 0 Å². The van der Waals surface area contributed by atoms with E-state index in [1.165, 1.54) is 7.11 Å². The molecular formula is C23H25N3O4. The van der Waals surface area contributed by atoms with Crippen molar-refractivity contribution in [3.8, 4) is 5.75 Å². The average molecular weight is 407 g/mol. The number of aromatic nitrogens is 2. The van der Waals surface area contributed by atoms with Crippen LogP contribution in [0.25, 0.3) is 5.65 Å². The molecule has 0 saturated heterocycles. The van der Waals surface area contributed by atoms with Crippen LogP contribution in [0, 0.1) is 12.8 Å². The number of nitrogens with one attached hydrogen (secondary N) is 1. The van der Waals surface area contributed by atoms with E-state index in [9.17, 15) is 9.59 Å². The SMILES string of the molecule is CCOc1cccn2c(C(=O)N[C@H](c3cccc(C(=O)OC)c3)C3CC3)c(C)nc12. The predicted molar refractivity (Wildman–Crippen MR) is 112 cm³/mol. The van der Waals surface area contributed by atoms with Gasteiger partial charge in [-0.1, -0.05) is 12.1 Å². The number of hydrogen-bond donors (Lipinski definition) is 1. The van der Waals surface area contributed by atoms with E-state index in [4.69, 9.17) is 9.47 Å². The van der Waals surface area contributed by atoms with Crippen LogP contribution in [0.2, 0.25) is 0 Å². The van der Waals surface area contributed by atoms with Crippen molar-refractivity contribution < 1.29 is 19.1 Å². The second kappa shape index (κ2) is 8.18. The van der Waals surface area contributed by atoms with Crippen LogP contribution in [-0.4, -0.2) is 35.0 Å². The monoisotopic (exact) mass is 407 g/mol. The van der Waals surface area contributed by atoms with Gasteiger partial charge in [0.05, 0.1) is 31.0 Å². The third-order valence-electron chi connectivity index (χ3n) is 5.35. The molecule has 0 bridgehead atoms. The summed E-state index contributed by atoms with van der Waals surface area (Å²) in [4.78, 5) is 29.8. The molecule has 0 unspecified atom stereocenters. The standard InChI is InChI=1S/C23H25N3O4/c1-4-30-18-9-6-12-26-20(14(2)24-21(18)26)22(27)25-19(15-10-11-15)16-7-5-8-17(13-16)23(28)29-3/h5-9,12-13,15,19H,4,10-11H2,1-3H3,(H,25,27)/t19-/m0/s1. The number of carbonyl (C=O) groups excluding carboxylic acids is 2. The number of benzene rings is 1. The molecular weight excluding hydrogens is 382 g/mol. The number of pyridine rings is 1. The molecule has 30 heavy (non-hydrogen) atoms. The van der Waals surface area contributed by atoms with Gasteiger partial charge in [-0.05, 0) is 62.4 Å². The Morgan fingerprint density at radius 1 is 1.27 bits per heavy atom. The van der Waals surface area contributed by atoms with E-state index in [1.807, 2.05) is 44.3 Å². The molecule has 4 rings (SSSR count). The molecule has 1 amide bonds. The van der Waals surface area contributed by atoms with Gasteiger partial charge in [-0.2, -0.15) is 0 Å².